The summed E-state index contributed by atoms with van der Waals surface area (Å²) in [6, 6.07) is 11.5. The lowest BCUT2D eigenvalue weighted by Gasteiger charge is -2.11. The molecule has 0 atom stereocenters. The zero-order valence-electron chi connectivity index (χ0n) is 15.3. The third-order valence-corrected chi connectivity index (χ3v) is 4.09. The highest BCUT2D eigenvalue weighted by atomic mass is 16.5. The fourth-order valence-corrected chi connectivity index (χ4v) is 2.63. The largest absolute Gasteiger partial charge is 0.497 e. The number of hydrogen-bond acceptors (Lipinski definition) is 7. The summed E-state index contributed by atoms with van der Waals surface area (Å²) in [5.41, 5.74) is 0.625. The number of carbonyl (C=O) groups excluding carboxylic acids is 2. The van der Waals surface area contributed by atoms with Gasteiger partial charge < -0.3 is 14.8 Å². The Balaban J connectivity index is 1.74. The van der Waals surface area contributed by atoms with Gasteiger partial charge in [-0.05, 0) is 30.3 Å². The maximum Gasteiger partial charge on any atom is 0.340 e. The van der Waals surface area contributed by atoms with E-state index in [2.05, 4.69) is 15.6 Å². The quantitative estimate of drug-likeness (QED) is 0.645. The molecular weight excluding hydrogens is 364 g/mol. The van der Waals surface area contributed by atoms with E-state index in [4.69, 9.17) is 9.47 Å². The van der Waals surface area contributed by atoms with Crippen molar-refractivity contribution < 1.29 is 19.1 Å². The maximum atomic E-state index is 12.4. The number of esters is 1. The number of methoxy groups -OCH3 is 2. The Labute approximate surface area is 159 Å². The van der Waals surface area contributed by atoms with Gasteiger partial charge in [0, 0.05) is 6.42 Å². The van der Waals surface area contributed by atoms with Crippen molar-refractivity contribution in [2.75, 3.05) is 19.5 Å². The zero-order chi connectivity index (χ0) is 20.1. The van der Waals surface area contributed by atoms with Gasteiger partial charge in [0.1, 0.15) is 11.3 Å². The number of fused-ring (bicyclic) bond motifs is 1. The molecule has 28 heavy (non-hydrogen) atoms. The number of amides is 1. The van der Waals surface area contributed by atoms with Crippen LogP contribution in [0.1, 0.15) is 16.8 Å². The molecule has 0 saturated heterocycles. The molecule has 3 rings (SSSR count). The van der Waals surface area contributed by atoms with Gasteiger partial charge in [-0.25, -0.2) is 9.48 Å². The molecule has 144 valence electrons. The van der Waals surface area contributed by atoms with Crippen molar-refractivity contribution in [1.82, 2.24) is 15.0 Å². The number of aryl methyl sites for hydroxylation is 1. The molecule has 1 N–H and O–H groups in total. The Morgan fingerprint density at radius 2 is 1.93 bits per heavy atom. The lowest BCUT2D eigenvalue weighted by Crippen LogP contribution is -2.26. The van der Waals surface area contributed by atoms with Crippen LogP contribution in [-0.4, -0.2) is 41.1 Å². The normalized spacial score (nSPS) is 10.5. The summed E-state index contributed by atoms with van der Waals surface area (Å²) in [5.74, 6) is -0.542. The van der Waals surface area contributed by atoms with Crippen LogP contribution in [0, 0.1) is 0 Å². The Hall–Kier alpha value is -3.75. The SMILES string of the molecule is COC(=O)c1cc(OC)ccc1NC(=O)CCn1nnc2ccccc2c1=O. The summed E-state index contributed by atoms with van der Waals surface area (Å²) in [5, 5.41) is 10.9. The molecule has 0 bridgehead atoms. The van der Waals surface area contributed by atoms with Gasteiger partial charge in [-0.1, -0.05) is 17.3 Å². The number of rotatable bonds is 6. The van der Waals surface area contributed by atoms with Gasteiger partial charge in [-0.3, -0.25) is 9.59 Å². The van der Waals surface area contributed by atoms with Gasteiger partial charge in [0.15, 0.2) is 0 Å². The van der Waals surface area contributed by atoms with E-state index in [0.717, 1.165) is 4.68 Å². The summed E-state index contributed by atoms with van der Waals surface area (Å²) in [4.78, 5) is 36.7. The van der Waals surface area contributed by atoms with E-state index in [9.17, 15) is 14.4 Å². The third kappa shape index (κ3) is 3.98. The number of anilines is 1. The molecule has 1 heterocycles. The van der Waals surface area contributed by atoms with Gasteiger partial charge in [-0.2, -0.15) is 0 Å². The van der Waals surface area contributed by atoms with Crippen LogP contribution in [-0.2, 0) is 16.1 Å². The van der Waals surface area contributed by atoms with Crippen molar-refractivity contribution in [3.05, 3.63) is 58.4 Å². The average Bonchev–Trinajstić information content (AvgIpc) is 2.73. The van der Waals surface area contributed by atoms with Crippen molar-refractivity contribution in [2.45, 2.75) is 13.0 Å². The number of aromatic nitrogens is 3. The van der Waals surface area contributed by atoms with Gasteiger partial charge in [0.25, 0.3) is 5.56 Å². The zero-order valence-corrected chi connectivity index (χ0v) is 15.3. The molecule has 0 fully saturated rings. The topological polar surface area (TPSA) is 112 Å². The average molecular weight is 382 g/mol. The molecule has 2 aromatic carbocycles. The summed E-state index contributed by atoms with van der Waals surface area (Å²) in [6.07, 6.45) is -0.0282. The molecule has 9 nitrogen and oxygen atoms in total. The van der Waals surface area contributed by atoms with Crippen molar-refractivity contribution in [2.24, 2.45) is 0 Å². The second-order valence-electron chi connectivity index (χ2n) is 5.84. The van der Waals surface area contributed by atoms with Crippen LogP contribution in [0.3, 0.4) is 0 Å². The molecule has 0 radical (unpaired) electrons. The van der Waals surface area contributed by atoms with E-state index >= 15 is 0 Å². The molecule has 9 heteroatoms. The molecule has 0 aliphatic carbocycles. The van der Waals surface area contributed by atoms with Crippen LogP contribution in [0.2, 0.25) is 0 Å². The molecule has 0 aliphatic heterocycles. The van der Waals surface area contributed by atoms with Gasteiger partial charge in [0.05, 0.1) is 37.4 Å². The second kappa shape index (κ2) is 8.30. The smallest absolute Gasteiger partial charge is 0.340 e. The van der Waals surface area contributed by atoms with Gasteiger partial charge >= 0.3 is 5.97 Å². The van der Waals surface area contributed by atoms with Crippen molar-refractivity contribution >= 4 is 28.5 Å². The van der Waals surface area contributed by atoms with Gasteiger partial charge in [-0.15, -0.1) is 5.10 Å². The fraction of sp³-hybridized carbons (Fsp3) is 0.211. The Bertz CT molecular complexity index is 1090. The van der Waals surface area contributed by atoms with E-state index in [-0.39, 0.29) is 29.8 Å². The molecule has 3 aromatic rings. The number of ether oxygens (including phenoxy) is 2. The van der Waals surface area contributed by atoms with E-state index in [1.807, 2.05) is 0 Å². The summed E-state index contributed by atoms with van der Waals surface area (Å²) in [7, 11) is 2.72. The summed E-state index contributed by atoms with van der Waals surface area (Å²) < 4.78 is 11.0. The Kier molecular flexibility index (Phi) is 5.64. The Morgan fingerprint density at radius 3 is 2.68 bits per heavy atom. The lowest BCUT2D eigenvalue weighted by atomic mass is 10.1. The van der Waals surface area contributed by atoms with Crippen LogP contribution in [0.15, 0.2) is 47.3 Å². The predicted molar refractivity (Wildman–Crippen MR) is 101 cm³/mol. The monoisotopic (exact) mass is 382 g/mol. The highest BCUT2D eigenvalue weighted by Gasteiger charge is 2.16. The first-order valence-corrected chi connectivity index (χ1v) is 8.42. The van der Waals surface area contributed by atoms with Crippen molar-refractivity contribution in [3.8, 4) is 5.75 Å². The maximum absolute atomic E-state index is 12.4. The molecule has 0 saturated carbocycles. The lowest BCUT2D eigenvalue weighted by molar-refractivity contribution is -0.116. The van der Waals surface area contributed by atoms with Crippen LogP contribution >= 0.6 is 0 Å². The number of hydrogen-bond donors (Lipinski definition) is 1. The Morgan fingerprint density at radius 1 is 1.14 bits per heavy atom. The minimum absolute atomic E-state index is 0.0282. The molecule has 0 unspecified atom stereocenters. The minimum atomic E-state index is -0.606. The third-order valence-electron chi connectivity index (χ3n) is 4.09. The van der Waals surface area contributed by atoms with E-state index in [1.54, 1.807) is 36.4 Å². The van der Waals surface area contributed by atoms with Gasteiger partial charge in [0.2, 0.25) is 5.91 Å². The second-order valence-corrected chi connectivity index (χ2v) is 5.84. The molecular formula is C19H18N4O5. The van der Waals surface area contributed by atoms with Crippen molar-refractivity contribution in [3.63, 3.8) is 0 Å². The highest BCUT2D eigenvalue weighted by Crippen LogP contribution is 2.23. The van der Waals surface area contributed by atoms with Crippen LogP contribution in [0.25, 0.3) is 10.9 Å². The molecule has 0 aliphatic rings. The summed E-state index contributed by atoms with van der Waals surface area (Å²) in [6.45, 7) is 0.0478. The standard InChI is InChI=1S/C19H18N4O5/c1-27-12-7-8-15(14(11-12)19(26)28-2)20-17(24)9-10-23-18(25)13-5-3-4-6-16(13)21-22-23/h3-8,11H,9-10H2,1-2H3,(H,20,24). The fourth-order valence-electron chi connectivity index (χ4n) is 2.63. The van der Waals surface area contributed by atoms with Crippen LogP contribution in [0.5, 0.6) is 5.75 Å². The van der Waals surface area contributed by atoms with Crippen LogP contribution < -0.4 is 15.6 Å². The first-order valence-electron chi connectivity index (χ1n) is 8.42. The first-order chi connectivity index (χ1) is 13.5. The van der Waals surface area contributed by atoms with Crippen molar-refractivity contribution in [1.29, 1.82) is 0 Å². The number of carbonyl (C=O) groups is 2. The number of benzene rings is 2. The number of nitrogens with zero attached hydrogens (tertiary/aromatic N) is 3. The number of nitrogens with one attached hydrogen (secondary N) is 1. The molecule has 0 spiro atoms. The minimum Gasteiger partial charge on any atom is -0.497 e. The van der Waals surface area contributed by atoms with E-state index in [0.29, 0.717) is 16.7 Å². The van der Waals surface area contributed by atoms with Crippen LogP contribution in [0.4, 0.5) is 5.69 Å². The van der Waals surface area contributed by atoms with E-state index in [1.165, 1.54) is 20.3 Å². The first kappa shape index (κ1) is 19.0. The molecule has 1 amide bonds. The highest BCUT2D eigenvalue weighted by molar-refractivity contribution is 6.01. The summed E-state index contributed by atoms with van der Waals surface area (Å²) >= 11 is 0. The molecule has 1 aromatic heterocycles. The predicted octanol–water partition coefficient (Wildman–Crippen LogP) is 1.62. The van der Waals surface area contributed by atoms with E-state index < -0.39 is 11.9 Å².